The minimum atomic E-state index is -0.117. The minimum absolute atomic E-state index is 0. The molecule has 1 atom stereocenters. The van der Waals surface area contributed by atoms with Gasteiger partial charge in [0, 0.05) is 20.2 Å². The number of rotatable bonds is 10. The van der Waals surface area contributed by atoms with Crippen molar-refractivity contribution in [2.75, 3.05) is 20.2 Å². The second kappa shape index (κ2) is 10.0. The number of nitrogens with one attached hydrogen (secondary N) is 1. The van der Waals surface area contributed by atoms with E-state index in [4.69, 9.17) is 4.74 Å². The molecule has 0 heterocycles. The van der Waals surface area contributed by atoms with Crippen molar-refractivity contribution in [2.45, 2.75) is 39.3 Å². The van der Waals surface area contributed by atoms with Crippen LogP contribution in [-0.2, 0) is 16.1 Å². The Bertz CT molecular complexity index is 465. The average molecular weight is 306 g/mol. The lowest BCUT2D eigenvalue weighted by atomic mass is 10.1. The van der Waals surface area contributed by atoms with Gasteiger partial charge in [-0.15, -0.1) is 0 Å². The van der Waals surface area contributed by atoms with E-state index < -0.39 is 0 Å². The van der Waals surface area contributed by atoms with Crippen molar-refractivity contribution in [1.29, 1.82) is 0 Å². The normalized spacial score (nSPS) is 11.8. The van der Waals surface area contributed by atoms with Crippen LogP contribution in [0.1, 0.15) is 33.7 Å². The van der Waals surface area contributed by atoms with Crippen molar-refractivity contribution in [1.82, 2.24) is 10.2 Å². The van der Waals surface area contributed by atoms with Crippen LogP contribution < -0.4 is 5.32 Å². The number of carbonyl (C=O) groups excluding carboxylic acids is 1. The first-order chi connectivity index (χ1) is 10.5. The van der Waals surface area contributed by atoms with Gasteiger partial charge in [0.15, 0.2) is 0 Å². The SMILES string of the molecule is C=C(CNC(=O)COCc1ccccc1)N(C)C(C)CCC.[HH]. The van der Waals surface area contributed by atoms with Crippen molar-refractivity contribution in [2.24, 2.45) is 0 Å². The van der Waals surface area contributed by atoms with Crippen LogP contribution in [0.4, 0.5) is 0 Å². The summed E-state index contributed by atoms with van der Waals surface area (Å²) in [5.41, 5.74) is 1.98. The van der Waals surface area contributed by atoms with Crippen molar-refractivity contribution in [3.63, 3.8) is 0 Å². The number of likely N-dealkylation sites (N-methyl/N-ethyl adjacent to an activating group) is 1. The van der Waals surface area contributed by atoms with Gasteiger partial charge in [0.25, 0.3) is 0 Å². The second-order valence-corrected chi connectivity index (χ2v) is 5.57. The Morgan fingerprint density at radius 2 is 2.09 bits per heavy atom. The van der Waals surface area contributed by atoms with Crippen molar-refractivity contribution < 1.29 is 11.0 Å². The van der Waals surface area contributed by atoms with Gasteiger partial charge < -0.3 is 15.0 Å². The third-order valence-electron chi connectivity index (χ3n) is 3.70. The largest absolute Gasteiger partial charge is 0.374 e. The zero-order valence-electron chi connectivity index (χ0n) is 14.0. The van der Waals surface area contributed by atoms with E-state index >= 15 is 0 Å². The smallest absolute Gasteiger partial charge is 0.246 e. The van der Waals surface area contributed by atoms with Crippen LogP contribution in [0.25, 0.3) is 0 Å². The highest BCUT2D eigenvalue weighted by atomic mass is 16.5. The van der Waals surface area contributed by atoms with E-state index in [1.807, 2.05) is 37.4 Å². The molecule has 4 nitrogen and oxygen atoms in total. The summed E-state index contributed by atoms with van der Waals surface area (Å²) in [7, 11) is 2.01. The Kier molecular flexibility index (Phi) is 8.30. The summed E-state index contributed by atoms with van der Waals surface area (Å²) in [5.74, 6) is -0.117. The molecule has 0 radical (unpaired) electrons. The Labute approximate surface area is 135 Å². The van der Waals surface area contributed by atoms with E-state index in [1.165, 1.54) is 0 Å². The molecule has 22 heavy (non-hydrogen) atoms. The molecule has 0 aliphatic rings. The number of nitrogens with zero attached hydrogens (tertiary/aromatic N) is 1. The molecule has 1 aromatic rings. The van der Waals surface area contributed by atoms with E-state index in [0.29, 0.717) is 19.2 Å². The molecule has 1 amide bonds. The molecule has 4 heteroatoms. The van der Waals surface area contributed by atoms with Crippen LogP contribution in [0.15, 0.2) is 42.6 Å². The van der Waals surface area contributed by atoms with Crippen LogP contribution >= 0.6 is 0 Å². The highest BCUT2D eigenvalue weighted by molar-refractivity contribution is 5.77. The fourth-order valence-corrected chi connectivity index (χ4v) is 2.14. The van der Waals surface area contributed by atoms with Crippen LogP contribution in [-0.4, -0.2) is 37.0 Å². The predicted octanol–water partition coefficient (Wildman–Crippen LogP) is 3.20. The molecule has 0 spiro atoms. The summed E-state index contributed by atoms with van der Waals surface area (Å²) in [6.07, 6.45) is 2.25. The number of hydrogen-bond donors (Lipinski definition) is 1. The quantitative estimate of drug-likeness (QED) is 0.722. The molecule has 1 unspecified atom stereocenters. The molecule has 124 valence electrons. The zero-order valence-corrected chi connectivity index (χ0v) is 14.0. The molecule has 0 bridgehead atoms. The van der Waals surface area contributed by atoms with E-state index in [1.54, 1.807) is 0 Å². The van der Waals surface area contributed by atoms with E-state index in [0.717, 1.165) is 24.1 Å². The molecule has 1 aromatic carbocycles. The molecule has 0 aliphatic heterocycles. The van der Waals surface area contributed by atoms with Crippen molar-refractivity contribution in [3.8, 4) is 0 Å². The van der Waals surface area contributed by atoms with E-state index in [2.05, 4.69) is 30.6 Å². The number of amides is 1. The molecule has 0 aromatic heterocycles. The first kappa shape index (κ1) is 18.2. The lowest BCUT2D eigenvalue weighted by Gasteiger charge is -2.28. The van der Waals surface area contributed by atoms with Gasteiger partial charge in [-0.3, -0.25) is 4.79 Å². The highest BCUT2D eigenvalue weighted by Crippen LogP contribution is 2.09. The van der Waals surface area contributed by atoms with Gasteiger partial charge in [0.05, 0.1) is 13.2 Å². The zero-order chi connectivity index (χ0) is 16.4. The molecule has 0 aliphatic carbocycles. The third-order valence-corrected chi connectivity index (χ3v) is 3.70. The first-order valence-electron chi connectivity index (χ1n) is 7.83. The van der Waals surface area contributed by atoms with Gasteiger partial charge in [0.1, 0.15) is 6.61 Å². The van der Waals surface area contributed by atoms with Gasteiger partial charge in [-0.1, -0.05) is 50.3 Å². The Morgan fingerprint density at radius 3 is 2.73 bits per heavy atom. The molecule has 0 fully saturated rings. The summed E-state index contributed by atoms with van der Waals surface area (Å²) in [6, 6.07) is 10.3. The average Bonchev–Trinajstić information content (AvgIpc) is 2.53. The topological polar surface area (TPSA) is 41.6 Å². The van der Waals surface area contributed by atoms with Crippen LogP contribution in [0.5, 0.6) is 0 Å². The van der Waals surface area contributed by atoms with E-state index in [9.17, 15) is 4.79 Å². The fraction of sp³-hybridized carbons (Fsp3) is 0.500. The number of benzene rings is 1. The number of ether oxygens (including phenoxy) is 1. The maximum absolute atomic E-state index is 11.8. The van der Waals surface area contributed by atoms with Gasteiger partial charge in [-0.25, -0.2) is 0 Å². The summed E-state index contributed by atoms with van der Waals surface area (Å²) in [6.45, 7) is 9.33. The van der Waals surface area contributed by atoms with Crippen LogP contribution in [0.3, 0.4) is 0 Å². The van der Waals surface area contributed by atoms with E-state index in [-0.39, 0.29) is 13.9 Å². The maximum atomic E-state index is 11.8. The first-order valence-corrected chi connectivity index (χ1v) is 7.83. The molecule has 0 saturated carbocycles. The van der Waals surface area contributed by atoms with Gasteiger partial charge in [0.2, 0.25) is 5.91 Å². The summed E-state index contributed by atoms with van der Waals surface area (Å²) >= 11 is 0. The lowest BCUT2D eigenvalue weighted by molar-refractivity contribution is -0.126. The summed E-state index contributed by atoms with van der Waals surface area (Å²) < 4.78 is 5.40. The standard InChI is InChI=1S/C18H28N2O2.H2/c1-5-9-15(2)20(4)16(3)12-19-18(21)14-22-13-17-10-7-6-8-11-17;/h6-8,10-11,15H,3,5,9,12-14H2,1-2,4H3,(H,19,21);1H. The molecule has 0 saturated heterocycles. The third kappa shape index (κ3) is 6.76. The monoisotopic (exact) mass is 306 g/mol. The number of carbonyl (C=O) groups is 1. The number of hydrogen-bond acceptors (Lipinski definition) is 3. The fourth-order valence-electron chi connectivity index (χ4n) is 2.14. The van der Waals surface area contributed by atoms with Gasteiger partial charge >= 0.3 is 0 Å². The highest BCUT2D eigenvalue weighted by Gasteiger charge is 2.11. The van der Waals surface area contributed by atoms with Crippen molar-refractivity contribution in [3.05, 3.63) is 48.2 Å². The Hall–Kier alpha value is -1.81. The Morgan fingerprint density at radius 1 is 1.41 bits per heavy atom. The molecular formula is C18H30N2O2. The second-order valence-electron chi connectivity index (χ2n) is 5.57. The molecule has 1 rings (SSSR count). The van der Waals surface area contributed by atoms with Crippen molar-refractivity contribution >= 4 is 5.91 Å². The maximum Gasteiger partial charge on any atom is 0.246 e. The van der Waals surface area contributed by atoms with Gasteiger partial charge in [-0.05, 0) is 18.9 Å². The molecular weight excluding hydrogens is 276 g/mol. The Balaban J connectivity index is 0.00000484. The predicted molar refractivity (Wildman–Crippen MR) is 92.5 cm³/mol. The van der Waals surface area contributed by atoms with Crippen LogP contribution in [0.2, 0.25) is 0 Å². The minimum Gasteiger partial charge on any atom is -0.374 e. The lowest BCUT2D eigenvalue weighted by Crippen LogP contribution is -2.36. The summed E-state index contributed by atoms with van der Waals surface area (Å²) in [5, 5.41) is 2.84. The summed E-state index contributed by atoms with van der Waals surface area (Å²) in [4.78, 5) is 13.9. The van der Waals surface area contributed by atoms with Gasteiger partial charge in [-0.2, -0.15) is 0 Å². The molecule has 1 N–H and O–H groups in total. The van der Waals surface area contributed by atoms with Crippen LogP contribution in [0, 0.1) is 0 Å².